The standard InChI is InChI=1S/C30H30FN9/c1-39(2)8-7-34-22-10-19(9-21(31)13-22)25-16-33-17-27-28(25)36-30(35-27)29-24-12-18(5-6-26(24)37-38-29)20-11-23(40(3)4)15-32-14-20/h5-6,9-17,34H,7-8H2,1-4H3,(H,35,36)(H,37,38). The molecule has 202 valence electrons. The summed E-state index contributed by atoms with van der Waals surface area (Å²) in [5.74, 6) is 0.282. The molecule has 0 spiro atoms. The molecule has 0 saturated carbocycles. The van der Waals surface area contributed by atoms with Crippen molar-refractivity contribution in [2.45, 2.75) is 0 Å². The first-order valence-corrected chi connectivity index (χ1v) is 13.0. The second-order valence-corrected chi connectivity index (χ2v) is 10.3. The highest BCUT2D eigenvalue weighted by atomic mass is 19.1. The zero-order valence-electron chi connectivity index (χ0n) is 22.8. The minimum absolute atomic E-state index is 0.323. The molecule has 6 aromatic rings. The van der Waals surface area contributed by atoms with Crippen LogP contribution in [0.4, 0.5) is 15.8 Å². The van der Waals surface area contributed by atoms with Gasteiger partial charge < -0.3 is 20.1 Å². The van der Waals surface area contributed by atoms with E-state index in [4.69, 9.17) is 4.98 Å². The van der Waals surface area contributed by atoms with Gasteiger partial charge in [-0.25, -0.2) is 9.37 Å². The summed E-state index contributed by atoms with van der Waals surface area (Å²) in [5, 5.41) is 11.9. The number of aromatic nitrogens is 6. The molecule has 40 heavy (non-hydrogen) atoms. The summed E-state index contributed by atoms with van der Waals surface area (Å²) in [6, 6.07) is 13.2. The van der Waals surface area contributed by atoms with Crippen LogP contribution in [-0.2, 0) is 0 Å². The third kappa shape index (κ3) is 4.96. The van der Waals surface area contributed by atoms with Crippen LogP contribution in [-0.4, -0.2) is 76.3 Å². The van der Waals surface area contributed by atoms with E-state index in [1.807, 2.05) is 57.6 Å². The van der Waals surface area contributed by atoms with Gasteiger partial charge in [0, 0.05) is 61.8 Å². The summed E-state index contributed by atoms with van der Waals surface area (Å²) in [5.41, 5.74) is 8.25. The van der Waals surface area contributed by atoms with E-state index in [2.05, 4.69) is 53.6 Å². The molecule has 0 fully saturated rings. The topological polar surface area (TPSA) is 102 Å². The number of halogens is 1. The van der Waals surface area contributed by atoms with Crippen molar-refractivity contribution in [3.05, 3.63) is 73.1 Å². The first-order chi connectivity index (χ1) is 19.4. The average Bonchev–Trinajstić information content (AvgIpc) is 3.56. The fourth-order valence-corrected chi connectivity index (χ4v) is 4.73. The Labute approximate surface area is 231 Å². The largest absolute Gasteiger partial charge is 0.384 e. The number of nitrogens with one attached hydrogen (secondary N) is 3. The fraction of sp³-hybridized carbons (Fsp3) is 0.200. The smallest absolute Gasteiger partial charge is 0.159 e. The Bertz CT molecular complexity index is 1820. The third-order valence-electron chi connectivity index (χ3n) is 6.85. The molecule has 4 heterocycles. The second-order valence-electron chi connectivity index (χ2n) is 10.3. The molecule has 4 aromatic heterocycles. The highest BCUT2D eigenvalue weighted by Crippen LogP contribution is 2.34. The lowest BCUT2D eigenvalue weighted by molar-refractivity contribution is 0.425. The van der Waals surface area contributed by atoms with Gasteiger partial charge in [0.2, 0.25) is 0 Å². The highest BCUT2D eigenvalue weighted by Gasteiger charge is 2.17. The molecule has 10 heteroatoms. The summed E-state index contributed by atoms with van der Waals surface area (Å²) in [6.45, 7) is 1.54. The Kier molecular flexibility index (Phi) is 6.61. The lowest BCUT2D eigenvalue weighted by atomic mass is 10.0. The molecule has 0 bridgehead atoms. The van der Waals surface area contributed by atoms with Crippen molar-refractivity contribution < 1.29 is 4.39 Å². The Morgan fingerprint density at radius 1 is 0.850 bits per heavy atom. The third-order valence-corrected chi connectivity index (χ3v) is 6.85. The number of benzene rings is 2. The Balaban J connectivity index is 1.39. The van der Waals surface area contributed by atoms with Crippen molar-refractivity contribution in [2.24, 2.45) is 0 Å². The zero-order chi connectivity index (χ0) is 27.8. The molecule has 2 aromatic carbocycles. The van der Waals surface area contributed by atoms with E-state index in [0.717, 1.165) is 45.3 Å². The number of likely N-dealkylation sites (N-methyl/N-ethyl adjacent to an activating group) is 1. The monoisotopic (exact) mass is 535 g/mol. The fourth-order valence-electron chi connectivity index (χ4n) is 4.73. The Morgan fingerprint density at radius 3 is 2.52 bits per heavy atom. The van der Waals surface area contributed by atoms with Gasteiger partial charge in [-0.2, -0.15) is 5.10 Å². The molecule has 0 atom stereocenters. The molecule has 0 amide bonds. The molecule has 6 rings (SSSR count). The van der Waals surface area contributed by atoms with Crippen LogP contribution in [0.25, 0.3) is 55.7 Å². The molecule has 3 N–H and O–H groups in total. The van der Waals surface area contributed by atoms with Gasteiger partial charge in [0.25, 0.3) is 0 Å². The number of hydrogen-bond acceptors (Lipinski definition) is 7. The number of aromatic amines is 2. The number of nitrogens with zero attached hydrogens (tertiary/aromatic N) is 6. The number of hydrogen-bond donors (Lipinski definition) is 3. The number of imidazole rings is 1. The molecule has 0 unspecified atom stereocenters. The van der Waals surface area contributed by atoms with Crippen molar-refractivity contribution in [3.8, 4) is 33.8 Å². The maximum absolute atomic E-state index is 14.6. The predicted molar refractivity (Wildman–Crippen MR) is 159 cm³/mol. The summed E-state index contributed by atoms with van der Waals surface area (Å²) >= 11 is 0. The average molecular weight is 536 g/mol. The van der Waals surface area contributed by atoms with Gasteiger partial charge in [-0.1, -0.05) is 6.07 Å². The minimum Gasteiger partial charge on any atom is -0.384 e. The van der Waals surface area contributed by atoms with E-state index in [9.17, 15) is 4.39 Å². The van der Waals surface area contributed by atoms with Crippen molar-refractivity contribution in [1.29, 1.82) is 0 Å². The second kappa shape index (κ2) is 10.4. The van der Waals surface area contributed by atoms with E-state index in [1.54, 1.807) is 12.4 Å². The highest BCUT2D eigenvalue weighted by molar-refractivity contribution is 5.98. The van der Waals surface area contributed by atoms with Gasteiger partial charge in [0.1, 0.15) is 11.5 Å². The van der Waals surface area contributed by atoms with Crippen molar-refractivity contribution >= 4 is 33.3 Å². The number of H-pyrrole nitrogens is 2. The quantitative estimate of drug-likeness (QED) is 0.240. The molecule has 0 saturated heterocycles. The molecule has 0 radical (unpaired) electrons. The first kappa shape index (κ1) is 25.4. The van der Waals surface area contributed by atoms with Crippen molar-refractivity contribution in [1.82, 2.24) is 35.0 Å². The van der Waals surface area contributed by atoms with E-state index < -0.39 is 0 Å². The number of fused-ring (bicyclic) bond motifs is 2. The molecule has 9 nitrogen and oxygen atoms in total. The predicted octanol–water partition coefficient (Wildman–Crippen LogP) is 5.41. The summed E-state index contributed by atoms with van der Waals surface area (Å²) in [6.07, 6.45) is 7.14. The van der Waals surface area contributed by atoms with E-state index >= 15 is 0 Å². The molecular formula is C30H30FN9. The van der Waals surface area contributed by atoms with Gasteiger partial charge in [0.15, 0.2) is 5.82 Å². The number of rotatable bonds is 8. The maximum Gasteiger partial charge on any atom is 0.159 e. The molecule has 0 aliphatic rings. The van der Waals surface area contributed by atoms with Crippen LogP contribution < -0.4 is 10.2 Å². The minimum atomic E-state index is -0.323. The SMILES string of the molecule is CN(C)CCNc1cc(F)cc(-c2cncc3[nH]c(-c4n[nH]c5ccc(-c6cncc(N(C)C)c6)cc45)nc23)c1. The van der Waals surface area contributed by atoms with Crippen LogP contribution in [0.5, 0.6) is 0 Å². The van der Waals surface area contributed by atoms with Crippen LogP contribution in [0, 0.1) is 5.82 Å². The summed E-state index contributed by atoms with van der Waals surface area (Å²) in [7, 11) is 8.00. The van der Waals surface area contributed by atoms with E-state index in [-0.39, 0.29) is 5.82 Å². The van der Waals surface area contributed by atoms with Crippen molar-refractivity contribution in [3.63, 3.8) is 0 Å². The van der Waals surface area contributed by atoms with Gasteiger partial charge in [-0.15, -0.1) is 0 Å². The van der Waals surface area contributed by atoms with E-state index in [0.29, 0.717) is 34.8 Å². The van der Waals surface area contributed by atoms with Crippen LogP contribution in [0.1, 0.15) is 0 Å². The van der Waals surface area contributed by atoms with Gasteiger partial charge in [0.05, 0.1) is 34.6 Å². The number of anilines is 2. The van der Waals surface area contributed by atoms with Crippen LogP contribution in [0.2, 0.25) is 0 Å². The summed E-state index contributed by atoms with van der Waals surface area (Å²) in [4.78, 5) is 21.2. The Morgan fingerprint density at radius 2 is 1.70 bits per heavy atom. The van der Waals surface area contributed by atoms with Gasteiger partial charge >= 0.3 is 0 Å². The van der Waals surface area contributed by atoms with Gasteiger partial charge in [-0.3, -0.25) is 15.1 Å². The lowest BCUT2D eigenvalue weighted by Crippen LogP contribution is -2.20. The van der Waals surface area contributed by atoms with E-state index in [1.165, 1.54) is 12.1 Å². The first-order valence-electron chi connectivity index (χ1n) is 13.0. The molecular weight excluding hydrogens is 505 g/mol. The molecule has 0 aliphatic carbocycles. The number of pyridine rings is 2. The van der Waals surface area contributed by atoms with Crippen LogP contribution in [0.15, 0.2) is 67.3 Å². The van der Waals surface area contributed by atoms with Crippen LogP contribution >= 0.6 is 0 Å². The van der Waals surface area contributed by atoms with Gasteiger partial charge in [-0.05, 0) is 61.6 Å². The lowest BCUT2D eigenvalue weighted by Gasteiger charge is -2.13. The molecule has 0 aliphatic heterocycles. The summed E-state index contributed by atoms with van der Waals surface area (Å²) < 4.78 is 14.6. The maximum atomic E-state index is 14.6. The van der Waals surface area contributed by atoms with Crippen molar-refractivity contribution in [2.75, 3.05) is 51.5 Å². The van der Waals surface area contributed by atoms with Crippen LogP contribution in [0.3, 0.4) is 0 Å². The normalized spacial score (nSPS) is 11.6. The zero-order valence-corrected chi connectivity index (χ0v) is 22.8. The Hall–Kier alpha value is -4.83.